The van der Waals surface area contributed by atoms with Crippen LogP contribution in [0.15, 0.2) is 49.1 Å². The second-order valence-electron chi connectivity index (χ2n) is 6.15. The molecule has 0 unspecified atom stereocenters. The summed E-state index contributed by atoms with van der Waals surface area (Å²) in [6.07, 6.45) is 2.98. The van der Waals surface area contributed by atoms with Crippen molar-refractivity contribution in [3.63, 3.8) is 0 Å². The smallest absolute Gasteiger partial charge is 0.341 e. The van der Waals surface area contributed by atoms with Gasteiger partial charge >= 0.3 is 5.97 Å². The lowest BCUT2D eigenvalue weighted by Gasteiger charge is -2.28. The van der Waals surface area contributed by atoms with Crippen molar-refractivity contribution in [2.75, 3.05) is 18.5 Å². The Hall–Kier alpha value is -2.86. The van der Waals surface area contributed by atoms with Crippen molar-refractivity contribution in [2.45, 2.75) is 18.9 Å². The highest BCUT2D eigenvalue weighted by Gasteiger charge is 2.30. The maximum absolute atomic E-state index is 12.7. The van der Waals surface area contributed by atoms with E-state index < -0.39 is 12.6 Å². The lowest BCUT2D eigenvalue weighted by atomic mass is 9.93. The van der Waals surface area contributed by atoms with Gasteiger partial charge in [0.15, 0.2) is 6.61 Å². The Kier molecular flexibility index (Phi) is 5.53. The number of amides is 1. The molecule has 0 saturated carbocycles. The number of carbonyl (C=O) groups excluding carboxylic acids is 1. The molecule has 1 aliphatic rings. The molecule has 2 aromatic carbocycles. The summed E-state index contributed by atoms with van der Waals surface area (Å²) in [6, 6.07) is 10.8. The second-order valence-corrected chi connectivity index (χ2v) is 6.15. The van der Waals surface area contributed by atoms with Crippen LogP contribution in [0.25, 0.3) is 10.8 Å². The number of nitrogens with one attached hydrogen (secondary N) is 1. The number of ether oxygens (including phenoxy) is 2. The summed E-state index contributed by atoms with van der Waals surface area (Å²) in [4.78, 5) is 23.5. The van der Waals surface area contributed by atoms with Crippen molar-refractivity contribution >= 4 is 28.3 Å². The van der Waals surface area contributed by atoms with Gasteiger partial charge in [0.05, 0.1) is 12.0 Å². The van der Waals surface area contributed by atoms with E-state index in [0.717, 1.165) is 23.6 Å². The highest BCUT2D eigenvalue weighted by molar-refractivity contribution is 6.05. The number of carboxylic acid groups (broad SMARTS) is 1. The first kappa shape index (κ1) is 17.9. The summed E-state index contributed by atoms with van der Waals surface area (Å²) in [7, 11) is 0. The third-order valence-electron chi connectivity index (χ3n) is 4.43. The maximum Gasteiger partial charge on any atom is 0.341 e. The molecule has 1 amide bonds. The molecule has 1 heterocycles. The van der Waals surface area contributed by atoms with Crippen LogP contribution >= 0.6 is 0 Å². The van der Waals surface area contributed by atoms with Crippen LogP contribution in [-0.4, -0.2) is 36.3 Å². The second kappa shape index (κ2) is 8.01. The van der Waals surface area contributed by atoms with Crippen molar-refractivity contribution in [3.8, 4) is 5.75 Å². The molecule has 6 nitrogen and oxygen atoms in total. The molecule has 2 N–H and O–H groups in total. The van der Waals surface area contributed by atoms with Crippen molar-refractivity contribution in [1.82, 2.24) is 0 Å². The lowest BCUT2D eigenvalue weighted by molar-refractivity contribution is -0.139. The highest BCUT2D eigenvalue weighted by Crippen LogP contribution is 2.32. The molecular formula is C20H21NO5. The minimum atomic E-state index is -1.04. The summed E-state index contributed by atoms with van der Waals surface area (Å²) >= 11 is 0. The molecule has 26 heavy (non-hydrogen) atoms. The van der Waals surface area contributed by atoms with Gasteiger partial charge in [0.1, 0.15) is 5.75 Å². The largest absolute Gasteiger partial charge is 0.481 e. The van der Waals surface area contributed by atoms with Crippen LogP contribution in [0.5, 0.6) is 5.75 Å². The predicted molar refractivity (Wildman–Crippen MR) is 98.4 cm³/mol. The molecule has 0 bridgehead atoms. The number of carbonyl (C=O) groups is 2. The van der Waals surface area contributed by atoms with Crippen molar-refractivity contribution in [2.24, 2.45) is 5.92 Å². The molecule has 136 valence electrons. The number of hydrogen-bond donors (Lipinski definition) is 2. The van der Waals surface area contributed by atoms with Gasteiger partial charge in [0.2, 0.25) is 5.91 Å². The van der Waals surface area contributed by atoms with Gasteiger partial charge in [-0.15, -0.1) is 6.58 Å². The molecule has 2 atom stereocenters. The molecule has 0 radical (unpaired) electrons. The summed E-state index contributed by atoms with van der Waals surface area (Å²) in [5, 5.41) is 13.3. The minimum Gasteiger partial charge on any atom is -0.481 e. The molecular weight excluding hydrogens is 334 g/mol. The van der Waals surface area contributed by atoms with Gasteiger partial charge in [-0.2, -0.15) is 0 Å². The number of fused-ring (bicyclic) bond motifs is 1. The Morgan fingerprint density at radius 2 is 2.04 bits per heavy atom. The van der Waals surface area contributed by atoms with E-state index in [9.17, 15) is 9.59 Å². The van der Waals surface area contributed by atoms with Crippen LogP contribution in [0.1, 0.15) is 12.8 Å². The zero-order valence-electron chi connectivity index (χ0n) is 14.3. The third kappa shape index (κ3) is 3.86. The SMILES string of the molecule is C=C[C@@H]1OCCC[C@H]1C(=O)Nc1ccc(OCC(=O)O)c2ccccc12. The van der Waals surface area contributed by atoms with E-state index in [1.165, 1.54) is 0 Å². The van der Waals surface area contributed by atoms with Crippen LogP contribution in [0.3, 0.4) is 0 Å². The molecule has 3 rings (SSSR count). The fourth-order valence-electron chi connectivity index (χ4n) is 3.19. The topological polar surface area (TPSA) is 84.9 Å². The summed E-state index contributed by atoms with van der Waals surface area (Å²) < 4.78 is 11.0. The predicted octanol–water partition coefficient (Wildman–Crippen LogP) is 3.22. The monoisotopic (exact) mass is 355 g/mol. The van der Waals surface area contributed by atoms with Gasteiger partial charge in [-0.3, -0.25) is 4.79 Å². The fraction of sp³-hybridized carbons (Fsp3) is 0.300. The van der Waals surface area contributed by atoms with Crippen molar-refractivity contribution in [3.05, 3.63) is 49.1 Å². The molecule has 1 saturated heterocycles. The van der Waals surface area contributed by atoms with E-state index in [2.05, 4.69) is 11.9 Å². The Bertz CT molecular complexity index is 832. The number of carboxylic acids is 1. The van der Waals surface area contributed by atoms with E-state index in [1.807, 2.05) is 24.3 Å². The molecule has 0 aliphatic carbocycles. The average Bonchev–Trinajstić information content (AvgIpc) is 2.67. The summed E-state index contributed by atoms with van der Waals surface area (Å²) in [6.45, 7) is 3.97. The first-order valence-electron chi connectivity index (χ1n) is 8.51. The molecule has 0 spiro atoms. The van der Waals surface area contributed by atoms with Gasteiger partial charge in [0, 0.05) is 23.1 Å². The zero-order valence-corrected chi connectivity index (χ0v) is 14.3. The molecule has 1 fully saturated rings. The number of rotatable bonds is 6. The lowest BCUT2D eigenvalue weighted by Crippen LogP contribution is -2.37. The van der Waals surface area contributed by atoms with E-state index in [1.54, 1.807) is 18.2 Å². The Labute approximate surface area is 151 Å². The van der Waals surface area contributed by atoms with Crippen LogP contribution in [-0.2, 0) is 14.3 Å². The number of benzene rings is 2. The zero-order chi connectivity index (χ0) is 18.5. The Balaban J connectivity index is 1.86. The Morgan fingerprint density at radius 3 is 2.77 bits per heavy atom. The molecule has 2 aromatic rings. The van der Waals surface area contributed by atoms with Crippen LogP contribution < -0.4 is 10.1 Å². The maximum atomic E-state index is 12.7. The molecule has 6 heteroatoms. The van der Waals surface area contributed by atoms with Gasteiger partial charge < -0.3 is 19.9 Å². The van der Waals surface area contributed by atoms with Gasteiger partial charge in [-0.05, 0) is 25.0 Å². The van der Waals surface area contributed by atoms with E-state index in [-0.39, 0.29) is 17.9 Å². The first-order valence-corrected chi connectivity index (χ1v) is 8.51. The van der Waals surface area contributed by atoms with E-state index in [0.29, 0.717) is 18.0 Å². The third-order valence-corrected chi connectivity index (χ3v) is 4.43. The quantitative estimate of drug-likeness (QED) is 0.777. The van der Waals surface area contributed by atoms with Gasteiger partial charge in [-0.25, -0.2) is 4.79 Å². The average molecular weight is 355 g/mol. The van der Waals surface area contributed by atoms with Gasteiger partial charge in [-0.1, -0.05) is 30.3 Å². The first-order chi connectivity index (χ1) is 12.6. The normalized spacial score (nSPS) is 19.7. The van der Waals surface area contributed by atoms with Crippen LogP contribution in [0.4, 0.5) is 5.69 Å². The number of aliphatic carboxylic acids is 1. The fourth-order valence-corrected chi connectivity index (χ4v) is 3.19. The van der Waals surface area contributed by atoms with Crippen molar-refractivity contribution < 1.29 is 24.2 Å². The van der Waals surface area contributed by atoms with E-state index >= 15 is 0 Å². The molecule has 1 aliphatic heterocycles. The number of anilines is 1. The minimum absolute atomic E-state index is 0.112. The number of hydrogen-bond acceptors (Lipinski definition) is 4. The molecule has 0 aromatic heterocycles. The van der Waals surface area contributed by atoms with E-state index in [4.69, 9.17) is 14.6 Å². The highest BCUT2D eigenvalue weighted by atomic mass is 16.5. The Morgan fingerprint density at radius 1 is 1.27 bits per heavy atom. The summed E-state index contributed by atoms with van der Waals surface area (Å²) in [5.74, 6) is -0.966. The van der Waals surface area contributed by atoms with Crippen LogP contribution in [0, 0.1) is 5.92 Å². The standard InChI is InChI=1S/C20H21NO5/c1-2-17-15(8-5-11-25-17)20(24)21-16-9-10-18(26-12-19(22)23)14-7-4-3-6-13(14)16/h2-4,6-7,9-10,15,17H,1,5,8,11-12H2,(H,21,24)(H,22,23)/t15-,17+/m1/s1. The van der Waals surface area contributed by atoms with Gasteiger partial charge in [0.25, 0.3) is 0 Å². The van der Waals surface area contributed by atoms with Crippen molar-refractivity contribution in [1.29, 1.82) is 0 Å². The van der Waals surface area contributed by atoms with Crippen LogP contribution in [0.2, 0.25) is 0 Å². The summed E-state index contributed by atoms with van der Waals surface area (Å²) in [5.41, 5.74) is 0.654.